The molecule has 6 heteroatoms. The molecule has 0 unspecified atom stereocenters. The molecule has 1 aliphatic carbocycles. The third-order valence-electron chi connectivity index (χ3n) is 2.75. The van der Waals surface area contributed by atoms with Gasteiger partial charge >= 0.3 is 12.0 Å². The molecule has 1 saturated carbocycles. The zero-order valence-electron chi connectivity index (χ0n) is 11.2. The number of aliphatic hydroxyl groups is 1. The van der Waals surface area contributed by atoms with Gasteiger partial charge in [0.2, 0.25) is 0 Å². The Morgan fingerprint density at radius 2 is 1.89 bits per heavy atom. The summed E-state index contributed by atoms with van der Waals surface area (Å²) in [6.07, 6.45) is 1.82. The summed E-state index contributed by atoms with van der Waals surface area (Å²) in [5.41, 5.74) is -0.952. The Hall–Kier alpha value is -1.30. The van der Waals surface area contributed by atoms with Crippen LogP contribution in [0, 0.1) is 0 Å². The highest BCUT2D eigenvalue weighted by Crippen LogP contribution is 2.28. The number of rotatable bonds is 6. The second-order valence-electron chi connectivity index (χ2n) is 5.52. The Morgan fingerprint density at radius 3 is 2.28 bits per heavy atom. The molecule has 1 rings (SSSR count). The quantitative estimate of drug-likeness (QED) is 0.736. The van der Waals surface area contributed by atoms with Crippen molar-refractivity contribution in [2.24, 2.45) is 0 Å². The highest BCUT2D eigenvalue weighted by molar-refractivity contribution is 5.76. The molecule has 0 aromatic carbocycles. The van der Waals surface area contributed by atoms with Gasteiger partial charge in [0.1, 0.15) is 0 Å². The third kappa shape index (κ3) is 4.91. The highest BCUT2D eigenvalue weighted by atomic mass is 16.4. The molecule has 0 atom stereocenters. The number of hydrogen-bond acceptors (Lipinski definition) is 3. The van der Waals surface area contributed by atoms with Crippen molar-refractivity contribution >= 4 is 12.0 Å². The van der Waals surface area contributed by atoms with Crippen molar-refractivity contribution in [2.45, 2.75) is 44.8 Å². The van der Waals surface area contributed by atoms with Crippen LogP contribution >= 0.6 is 0 Å². The molecule has 1 fully saturated rings. The lowest BCUT2D eigenvalue weighted by molar-refractivity contribution is -0.137. The molecule has 0 saturated heterocycles. The van der Waals surface area contributed by atoms with E-state index in [1.165, 1.54) is 4.90 Å². The van der Waals surface area contributed by atoms with Gasteiger partial charge in [0, 0.05) is 19.6 Å². The summed E-state index contributed by atoms with van der Waals surface area (Å²) >= 11 is 0. The van der Waals surface area contributed by atoms with Gasteiger partial charge in [-0.3, -0.25) is 4.79 Å². The zero-order valence-corrected chi connectivity index (χ0v) is 11.2. The molecule has 0 aromatic rings. The topological polar surface area (TPSA) is 81.1 Å². The molecule has 0 aromatic heterocycles. The molecule has 18 heavy (non-hydrogen) atoms. The molecule has 1 aliphatic rings. The first-order chi connectivity index (χ1) is 8.20. The van der Waals surface area contributed by atoms with E-state index in [1.54, 1.807) is 25.8 Å². The number of carbonyl (C=O) groups is 2. The maximum absolute atomic E-state index is 12.2. The minimum atomic E-state index is -0.952. The lowest BCUT2D eigenvalue weighted by atomic mass is 10.1. The lowest BCUT2D eigenvalue weighted by Crippen LogP contribution is -2.48. The molecular weight excluding hydrogens is 236 g/mol. The maximum atomic E-state index is 12.2. The molecule has 0 aliphatic heterocycles. The van der Waals surface area contributed by atoms with Crippen LogP contribution in [0.4, 0.5) is 4.79 Å². The van der Waals surface area contributed by atoms with E-state index in [-0.39, 0.29) is 31.6 Å². The lowest BCUT2D eigenvalue weighted by Gasteiger charge is -2.31. The molecule has 104 valence electrons. The van der Waals surface area contributed by atoms with Crippen molar-refractivity contribution < 1.29 is 19.8 Å². The summed E-state index contributed by atoms with van der Waals surface area (Å²) in [5, 5.41) is 18.4. The van der Waals surface area contributed by atoms with Crippen LogP contribution in [0.1, 0.15) is 33.1 Å². The van der Waals surface area contributed by atoms with E-state index in [2.05, 4.69) is 0 Å². The number of carboxylic acids is 1. The van der Waals surface area contributed by atoms with Crippen molar-refractivity contribution in [1.29, 1.82) is 0 Å². The fourth-order valence-electron chi connectivity index (χ4n) is 1.90. The molecule has 0 heterocycles. The molecule has 0 bridgehead atoms. The van der Waals surface area contributed by atoms with Crippen LogP contribution in [0.15, 0.2) is 0 Å². The van der Waals surface area contributed by atoms with Crippen LogP contribution in [0.5, 0.6) is 0 Å². The summed E-state index contributed by atoms with van der Waals surface area (Å²) in [6.45, 7) is 3.72. The van der Waals surface area contributed by atoms with E-state index in [4.69, 9.17) is 5.11 Å². The number of urea groups is 1. The van der Waals surface area contributed by atoms with Gasteiger partial charge in [-0.05, 0) is 26.7 Å². The normalized spacial score (nSPS) is 15.3. The number of nitrogens with zero attached hydrogens (tertiary/aromatic N) is 2. The number of amides is 2. The standard InChI is InChI=1S/C12H22N2O4/c1-12(2,18)8-13(3)11(17)14(9-4-5-9)7-6-10(15)16/h9,18H,4-8H2,1-3H3,(H,15,16). The van der Waals surface area contributed by atoms with E-state index in [9.17, 15) is 14.7 Å². The van der Waals surface area contributed by atoms with Crippen molar-refractivity contribution in [1.82, 2.24) is 9.80 Å². The first kappa shape index (κ1) is 14.8. The number of carbonyl (C=O) groups excluding carboxylic acids is 1. The third-order valence-corrected chi connectivity index (χ3v) is 2.75. The van der Waals surface area contributed by atoms with Crippen molar-refractivity contribution in [3.8, 4) is 0 Å². The van der Waals surface area contributed by atoms with Gasteiger partial charge in [-0.2, -0.15) is 0 Å². The summed E-state index contributed by atoms with van der Waals surface area (Å²) in [4.78, 5) is 25.8. The summed E-state index contributed by atoms with van der Waals surface area (Å²) in [5.74, 6) is -0.904. The number of hydrogen-bond donors (Lipinski definition) is 2. The number of likely N-dealkylation sites (N-methyl/N-ethyl adjacent to an activating group) is 1. The fourth-order valence-corrected chi connectivity index (χ4v) is 1.90. The van der Waals surface area contributed by atoms with Crippen LogP contribution in [0.3, 0.4) is 0 Å². The van der Waals surface area contributed by atoms with Crippen LogP contribution < -0.4 is 0 Å². The van der Waals surface area contributed by atoms with E-state index >= 15 is 0 Å². The SMILES string of the molecule is CN(CC(C)(C)O)C(=O)N(CCC(=O)O)C1CC1. The average Bonchev–Trinajstić information content (AvgIpc) is 2.98. The number of aliphatic carboxylic acids is 1. The Bertz CT molecular complexity index is 321. The maximum Gasteiger partial charge on any atom is 0.320 e. The zero-order chi connectivity index (χ0) is 13.9. The van der Waals surface area contributed by atoms with Crippen LogP contribution in [-0.2, 0) is 4.79 Å². The predicted molar refractivity (Wildman–Crippen MR) is 66.3 cm³/mol. The van der Waals surface area contributed by atoms with Crippen molar-refractivity contribution in [3.63, 3.8) is 0 Å². The van der Waals surface area contributed by atoms with Gasteiger partial charge in [0.15, 0.2) is 0 Å². The molecule has 0 spiro atoms. The first-order valence-electron chi connectivity index (χ1n) is 6.16. The largest absolute Gasteiger partial charge is 0.481 e. The van der Waals surface area contributed by atoms with Gasteiger partial charge in [0.25, 0.3) is 0 Å². The number of carboxylic acid groups (broad SMARTS) is 1. The Balaban J connectivity index is 2.56. The smallest absolute Gasteiger partial charge is 0.320 e. The molecule has 0 radical (unpaired) electrons. The average molecular weight is 258 g/mol. The molecule has 6 nitrogen and oxygen atoms in total. The summed E-state index contributed by atoms with van der Waals surface area (Å²) in [7, 11) is 1.62. The van der Waals surface area contributed by atoms with Crippen LogP contribution in [0.25, 0.3) is 0 Å². The van der Waals surface area contributed by atoms with Gasteiger partial charge in [-0.25, -0.2) is 4.79 Å². The van der Waals surface area contributed by atoms with Crippen LogP contribution in [-0.4, -0.2) is 63.8 Å². The van der Waals surface area contributed by atoms with Gasteiger partial charge in [0.05, 0.1) is 18.6 Å². The predicted octanol–water partition coefficient (Wildman–Crippen LogP) is 0.748. The monoisotopic (exact) mass is 258 g/mol. The van der Waals surface area contributed by atoms with E-state index in [0.29, 0.717) is 0 Å². The Kier molecular flexibility index (Phi) is 4.56. The van der Waals surface area contributed by atoms with Gasteiger partial charge in [-0.15, -0.1) is 0 Å². The Labute approximate surface area is 107 Å². The molecule has 2 N–H and O–H groups in total. The Morgan fingerprint density at radius 1 is 1.33 bits per heavy atom. The van der Waals surface area contributed by atoms with Crippen molar-refractivity contribution in [3.05, 3.63) is 0 Å². The fraction of sp³-hybridized carbons (Fsp3) is 0.833. The first-order valence-corrected chi connectivity index (χ1v) is 6.16. The van der Waals surface area contributed by atoms with Crippen molar-refractivity contribution in [2.75, 3.05) is 20.1 Å². The summed E-state index contributed by atoms with van der Waals surface area (Å²) < 4.78 is 0. The summed E-state index contributed by atoms with van der Waals surface area (Å²) in [6, 6.07) is -0.0398. The van der Waals surface area contributed by atoms with Crippen LogP contribution in [0.2, 0.25) is 0 Å². The second kappa shape index (κ2) is 5.56. The minimum Gasteiger partial charge on any atom is -0.481 e. The second-order valence-corrected chi connectivity index (χ2v) is 5.52. The van der Waals surface area contributed by atoms with E-state index < -0.39 is 11.6 Å². The molecular formula is C12H22N2O4. The van der Waals surface area contributed by atoms with Gasteiger partial charge < -0.3 is 20.0 Å². The minimum absolute atomic E-state index is 0.0431. The molecule has 2 amide bonds. The highest BCUT2D eigenvalue weighted by Gasteiger charge is 2.35. The van der Waals surface area contributed by atoms with E-state index in [1.807, 2.05) is 0 Å². The van der Waals surface area contributed by atoms with Gasteiger partial charge in [-0.1, -0.05) is 0 Å². The van der Waals surface area contributed by atoms with E-state index in [0.717, 1.165) is 12.8 Å².